The molecule has 0 aliphatic rings. The van der Waals surface area contributed by atoms with Gasteiger partial charge in [-0.3, -0.25) is 4.98 Å². The molecule has 0 atom stereocenters. The van der Waals surface area contributed by atoms with Crippen molar-refractivity contribution >= 4 is 11.6 Å². The Balaban J connectivity index is 2.15. The maximum atomic E-state index is 5.89. The predicted molar refractivity (Wildman–Crippen MR) is 66.7 cm³/mol. The van der Waals surface area contributed by atoms with Crippen LogP contribution in [0.15, 0.2) is 30.6 Å². The summed E-state index contributed by atoms with van der Waals surface area (Å²) in [6, 6.07) is 5.11. The van der Waals surface area contributed by atoms with E-state index in [1.54, 1.807) is 30.6 Å². The van der Waals surface area contributed by atoms with Crippen LogP contribution < -0.4 is 4.74 Å². The summed E-state index contributed by atoms with van der Waals surface area (Å²) >= 11 is 5.89. The van der Waals surface area contributed by atoms with Crippen LogP contribution in [0.25, 0.3) is 0 Å². The molecule has 0 bridgehead atoms. The molecule has 0 radical (unpaired) electrons. The molecule has 0 N–H and O–H groups in total. The van der Waals surface area contributed by atoms with E-state index in [-0.39, 0.29) is 0 Å². The third-order valence-corrected chi connectivity index (χ3v) is 2.20. The fourth-order valence-corrected chi connectivity index (χ4v) is 1.47. The molecule has 0 aliphatic carbocycles. The second kappa shape index (κ2) is 6.28. The molecule has 0 saturated carbocycles. The Kier molecular flexibility index (Phi) is 4.44. The van der Waals surface area contributed by atoms with Gasteiger partial charge in [0, 0.05) is 18.9 Å². The molecule has 2 aromatic heterocycles. The van der Waals surface area contributed by atoms with E-state index in [4.69, 9.17) is 21.1 Å². The van der Waals surface area contributed by atoms with E-state index < -0.39 is 0 Å². The lowest BCUT2D eigenvalue weighted by molar-refractivity contribution is 0.128. The molecule has 0 unspecified atom stereocenters. The molecule has 0 amide bonds. The zero-order chi connectivity index (χ0) is 12.8. The van der Waals surface area contributed by atoms with Gasteiger partial charge >= 0.3 is 0 Å². The van der Waals surface area contributed by atoms with Gasteiger partial charge in [0.2, 0.25) is 5.88 Å². The second-order valence-electron chi connectivity index (χ2n) is 3.37. The van der Waals surface area contributed by atoms with E-state index in [0.717, 1.165) is 0 Å². The summed E-state index contributed by atoms with van der Waals surface area (Å²) in [7, 11) is 0. The summed E-state index contributed by atoms with van der Waals surface area (Å²) in [5, 5.41) is 0.318. The van der Waals surface area contributed by atoms with Crippen LogP contribution >= 0.6 is 11.6 Å². The largest absolute Gasteiger partial charge is 0.437 e. The number of hydrogen-bond donors (Lipinski definition) is 0. The Morgan fingerprint density at radius 2 is 2.22 bits per heavy atom. The van der Waals surface area contributed by atoms with Crippen LogP contribution in [0.3, 0.4) is 0 Å². The van der Waals surface area contributed by atoms with Crippen molar-refractivity contribution in [3.63, 3.8) is 0 Å². The van der Waals surface area contributed by atoms with Crippen molar-refractivity contribution in [3.8, 4) is 11.6 Å². The van der Waals surface area contributed by atoms with Crippen LogP contribution in [0.5, 0.6) is 11.6 Å². The molecule has 94 valence electrons. The number of nitrogens with zero attached hydrogens (tertiary/aromatic N) is 3. The highest BCUT2D eigenvalue weighted by atomic mass is 35.5. The highest BCUT2D eigenvalue weighted by Gasteiger charge is 2.05. The van der Waals surface area contributed by atoms with E-state index in [1.165, 1.54) is 0 Å². The number of aromatic nitrogens is 3. The summed E-state index contributed by atoms with van der Waals surface area (Å²) < 4.78 is 10.8. The van der Waals surface area contributed by atoms with Crippen molar-refractivity contribution in [3.05, 3.63) is 41.6 Å². The maximum Gasteiger partial charge on any atom is 0.224 e. The third-order valence-electron chi connectivity index (χ3n) is 2.01. The molecule has 0 aliphatic heterocycles. The van der Waals surface area contributed by atoms with Gasteiger partial charge in [0.25, 0.3) is 0 Å². The molecule has 0 aromatic carbocycles. The Morgan fingerprint density at radius 1 is 1.33 bits per heavy atom. The van der Waals surface area contributed by atoms with Gasteiger partial charge in [-0.25, -0.2) is 4.98 Å². The van der Waals surface area contributed by atoms with Crippen LogP contribution in [-0.2, 0) is 11.3 Å². The standard InChI is InChI=1S/C12H12ClN3O2/c1-2-17-8-11-15-10(13)6-12(16-11)18-9-4-3-5-14-7-9/h3-7H,2,8H2,1H3. The molecule has 0 saturated heterocycles. The average Bonchev–Trinajstić information content (AvgIpc) is 2.37. The first kappa shape index (κ1) is 12.7. The van der Waals surface area contributed by atoms with Gasteiger partial charge in [0.15, 0.2) is 5.82 Å². The van der Waals surface area contributed by atoms with Gasteiger partial charge in [-0.15, -0.1) is 0 Å². The zero-order valence-electron chi connectivity index (χ0n) is 9.84. The van der Waals surface area contributed by atoms with Gasteiger partial charge in [-0.05, 0) is 19.1 Å². The van der Waals surface area contributed by atoms with Gasteiger partial charge in [-0.2, -0.15) is 4.98 Å². The van der Waals surface area contributed by atoms with Crippen molar-refractivity contribution in [2.75, 3.05) is 6.61 Å². The van der Waals surface area contributed by atoms with Crippen LogP contribution in [0.2, 0.25) is 5.15 Å². The summed E-state index contributed by atoms with van der Waals surface area (Å²) in [5.74, 6) is 1.45. The molecule has 6 heteroatoms. The average molecular weight is 266 g/mol. The Morgan fingerprint density at radius 3 is 2.94 bits per heavy atom. The van der Waals surface area contributed by atoms with Gasteiger partial charge in [0.1, 0.15) is 17.5 Å². The van der Waals surface area contributed by atoms with E-state index >= 15 is 0 Å². The zero-order valence-corrected chi connectivity index (χ0v) is 10.6. The second-order valence-corrected chi connectivity index (χ2v) is 3.76. The van der Waals surface area contributed by atoms with E-state index in [0.29, 0.717) is 35.8 Å². The number of halogens is 1. The van der Waals surface area contributed by atoms with Crippen molar-refractivity contribution in [2.45, 2.75) is 13.5 Å². The lowest BCUT2D eigenvalue weighted by Gasteiger charge is -2.06. The molecular weight excluding hydrogens is 254 g/mol. The van der Waals surface area contributed by atoms with Crippen molar-refractivity contribution < 1.29 is 9.47 Å². The lowest BCUT2D eigenvalue weighted by Crippen LogP contribution is -2.01. The minimum absolute atomic E-state index is 0.306. The molecule has 2 rings (SSSR count). The smallest absolute Gasteiger partial charge is 0.224 e. The first-order valence-electron chi connectivity index (χ1n) is 5.47. The molecule has 0 fully saturated rings. The number of ether oxygens (including phenoxy) is 2. The Labute approximate surface area is 110 Å². The number of pyridine rings is 1. The topological polar surface area (TPSA) is 57.1 Å². The molecule has 0 spiro atoms. The Hall–Kier alpha value is -1.72. The summed E-state index contributed by atoms with van der Waals surface area (Å²) in [6.07, 6.45) is 3.26. The highest BCUT2D eigenvalue weighted by Crippen LogP contribution is 2.20. The van der Waals surface area contributed by atoms with Crippen molar-refractivity contribution in [2.24, 2.45) is 0 Å². The van der Waals surface area contributed by atoms with Gasteiger partial charge < -0.3 is 9.47 Å². The minimum Gasteiger partial charge on any atom is -0.437 e. The van der Waals surface area contributed by atoms with Gasteiger partial charge in [-0.1, -0.05) is 11.6 Å². The maximum absolute atomic E-state index is 5.89. The molecule has 2 heterocycles. The predicted octanol–water partition coefficient (Wildman–Crippen LogP) is 2.85. The van der Waals surface area contributed by atoms with Crippen LogP contribution in [0.1, 0.15) is 12.7 Å². The molecule has 2 aromatic rings. The van der Waals surface area contributed by atoms with E-state index in [2.05, 4.69) is 15.0 Å². The van der Waals surface area contributed by atoms with E-state index in [9.17, 15) is 0 Å². The van der Waals surface area contributed by atoms with Crippen molar-refractivity contribution in [1.29, 1.82) is 0 Å². The summed E-state index contributed by atoms with van der Waals surface area (Å²) in [4.78, 5) is 12.2. The molecule has 5 nitrogen and oxygen atoms in total. The van der Waals surface area contributed by atoms with Crippen LogP contribution in [0.4, 0.5) is 0 Å². The van der Waals surface area contributed by atoms with E-state index in [1.807, 2.05) is 6.92 Å². The number of hydrogen-bond acceptors (Lipinski definition) is 5. The summed E-state index contributed by atoms with van der Waals surface area (Å²) in [6.45, 7) is 2.80. The fraction of sp³-hybridized carbons (Fsp3) is 0.250. The quantitative estimate of drug-likeness (QED) is 0.778. The van der Waals surface area contributed by atoms with Crippen LogP contribution in [-0.4, -0.2) is 21.6 Å². The molecule has 18 heavy (non-hydrogen) atoms. The lowest BCUT2D eigenvalue weighted by atomic mass is 10.4. The molecular formula is C12H12ClN3O2. The monoisotopic (exact) mass is 265 g/mol. The Bertz CT molecular complexity index is 508. The summed E-state index contributed by atoms with van der Waals surface area (Å²) in [5.41, 5.74) is 0. The highest BCUT2D eigenvalue weighted by molar-refractivity contribution is 6.29. The number of rotatable bonds is 5. The normalized spacial score (nSPS) is 10.3. The first-order valence-corrected chi connectivity index (χ1v) is 5.85. The fourth-order valence-electron chi connectivity index (χ4n) is 1.28. The van der Waals surface area contributed by atoms with Gasteiger partial charge in [0.05, 0.1) is 6.20 Å². The third kappa shape index (κ3) is 3.65. The van der Waals surface area contributed by atoms with Crippen LogP contribution in [0, 0.1) is 0 Å². The first-order chi connectivity index (χ1) is 8.78. The SMILES string of the molecule is CCOCc1nc(Cl)cc(Oc2cccnc2)n1. The minimum atomic E-state index is 0.306. The van der Waals surface area contributed by atoms with Crippen molar-refractivity contribution in [1.82, 2.24) is 15.0 Å².